The maximum Gasteiger partial charge on any atom is 0.205 e. The number of hydrogen-bond acceptors (Lipinski definition) is 4. The van der Waals surface area contributed by atoms with Crippen LogP contribution in [-0.4, -0.2) is 4.98 Å². The van der Waals surface area contributed by atoms with Gasteiger partial charge < -0.3 is 10.5 Å². The highest BCUT2D eigenvalue weighted by Gasteiger charge is 2.32. The SMILES string of the molecule is Cc1ccc(C2C(C#N)=C(N)Oc3c2cc(Cl)c2cccnc32)cc1. The van der Waals surface area contributed by atoms with Gasteiger partial charge in [-0.25, -0.2) is 0 Å². The molecule has 0 radical (unpaired) electrons. The Kier molecular flexibility index (Phi) is 3.60. The zero-order valence-electron chi connectivity index (χ0n) is 13.5. The van der Waals surface area contributed by atoms with Gasteiger partial charge in [0.15, 0.2) is 5.75 Å². The molecule has 25 heavy (non-hydrogen) atoms. The molecule has 4 nitrogen and oxygen atoms in total. The second-order valence-electron chi connectivity index (χ2n) is 6.01. The number of nitriles is 1. The molecule has 1 aliphatic rings. The monoisotopic (exact) mass is 347 g/mol. The molecule has 2 N–H and O–H groups in total. The number of aryl methyl sites for hydroxylation is 1. The molecule has 1 aliphatic heterocycles. The van der Waals surface area contributed by atoms with Crippen LogP contribution >= 0.6 is 11.6 Å². The summed E-state index contributed by atoms with van der Waals surface area (Å²) in [4.78, 5) is 4.41. The van der Waals surface area contributed by atoms with Crippen LogP contribution < -0.4 is 10.5 Å². The second-order valence-corrected chi connectivity index (χ2v) is 6.42. The Labute approximate surface area is 150 Å². The third kappa shape index (κ3) is 2.41. The number of aromatic nitrogens is 1. The lowest BCUT2D eigenvalue weighted by atomic mass is 9.83. The quantitative estimate of drug-likeness (QED) is 0.707. The van der Waals surface area contributed by atoms with E-state index in [2.05, 4.69) is 11.1 Å². The summed E-state index contributed by atoms with van der Waals surface area (Å²) in [5, 5.41) is 11.0. The van der Waals surface area contributed by atoms with Gasteiger partial charge in [-0.3, -0.25) is 4.98 Å². The average Bonchev–Trinajstić information content (AvgIpc) is 2.63. The van der Waals surface area contributed by atoms with E-state index < -0.39 is 0 Å². The number of ether oxygens (including phenoxy) is 1. The lowest BCUT2D eigenvalue weighted by Gasteiger charge is -2.27. The van der Waals surface area contributed by atoms with Crippen LogP contribution in [0.4, 0.5) is 0 Å². The van der Waals surface area contributed by atoms with Crippen molar-refractivity contribution in [2.24, 2.45) is 5.73 Å². The molecule has 0 amide bonds. The van der Waals surface area contributed by atoms with Crippen molar-refractivity contribution in [1.29, 1.82) is 5.26 Å². The van der Waals surface area contributed by atoms with Crippen molar-refractivity contribution in [3.63, 3.8) is 0 Å². The number of fused-ring (bicyclic) bond motifs is 3. The van der Waals surface area contributed by atoms with Crippen molar-refractivity contribution in [2.75, 3.05) is 0 Å². The van der Waals surface area contributed by atoms with Crippen molar-refractivity contribution in [2.45, 2.75) is 12.8 Å². The number of hydrogen-bond donors (Lipinski definition) is 1. The van der Waals surface area contributed by atoms with E-state index in [0.717, 1.165) is 22.1 Å². The van der Waals surface area contributed by atoms with E-state index >= 15 is 0 Å². The predicted molar refractivity (Wildman–Crippen MR) is 97.2 cm³/mol. The van der Waals surface area contributed by atoms with Crippen LogP contribution in [-0.2, 0) is 0 Å². The van der Waals surface area contributed by atoms with Gasteiger partial charge >= 0.3 is 0 Å². The number of pyridine rings is 1. The lowest BCUT2D eigenvalue weighted by molar-refractivity contribution is 0.397. The standard InChI is InChI=1S/C20H14ClN3O/c1-11-4-6-12(7-5-11)17-14-9-16(21)13-3-2-8-24-18(13)19(14)25-20(23)15(17)10-22/h2-9,17H,23H2,1H3. The van der Waals surface area contributed by atoms with E-state index in [9.17, 15) is 5.26 Å². The number of nitrogens with zero attached hydrogens (tertiary/aromatic N) is 2. The van der Waals surface area contributed by atoms with Gasteiger partial charge in [-0.15, -0.1) is 0 Å². The van der Waals surface area contributed by atoms with Gasteiger partial charge in [-0.1, -0.05) is 41.4 Å². The highest BCUT2D eigenvalue weighted by Crippen LogP contribution is 2.46. The van der Waals surface area contributed by atoms with Gasteiger partial charge in [0.05, 0.1) is 10.9 Å². The summed E-state index contributed by atoms with van der Waals surface area (Å²) in [6.07, 6.45) is 1.68. The van der Waals surface area contributed by atoms with Gasteiger partial charge in [0.2, 0.25) is 5.88 Å². The molecule has 3 aromatic rings. The van der Waals surface area contributed by atoms with Crippen molar-refractivity contribution in [3.05, 3.63) is 81.8 Å². The molecule has 1 aromatic heterocycles. The molecule has 0 aliphatic carbocycles. The molecule has 122 valence electrons. The maximum absolute atomic E-state index is 9.64. The van der Waals surface area contributed by atoms with Crippen molar-refractivity contribution in [3.8, 4) is 11.8 Å². The Morgan fingerprint density at radius 2 is 2.00 bits per heavy atom. The molecule has 0 saturated heterocycles. The van der Waals surface area contributed by atoms with Crippen LogP contribution in [0.2, 0.25) is 5.02 Å². The number of nitrogens with two attached hydrogens (primary N) is 1. The molecule has 0 saturated carbocycles. The first kappa shape index (κ1) is 15.5. The van der Waals surface area contributed by atoms with Gasteiger partial charge in [0.1, 0.15) is 17.2 Å². The van der Waals surface area contributed by atoms with Crippen molar-refractivity contribution < 1.29 is 4.74 Å². The van der Waals surface area contributed by atoms with Gasteiger partial charge in [-0.05, 0) is 30.7 Å². The van der Waals surface area contributed by atoms with Gasteiger partial charge in [0.25, 0.3) is 0 Å². The fourth-order valence-corrected chi connectivity index (χ4v) is 3.47. The Morgan fingerprint density at radius 1 is 1.24 bits per heavy atom. The van der Waals surface area contributed by atoms with E-state index in [4.69, 9.17) is 22.1 Å². The van der Waals surface area contributed by atoms with Crippen LogP contribution in [0.3, 0.4) is 0 Å². The molecule has 2 aromatic carbocycles. The minimum Gasteiger partial charge on any atom is -0.438 e. The maximum atomic E-state index is 9.64. The number of halogens is 1. The van der Waals surface area contributed by atoms with Crippen LogP contribution in [0.15, 0.2) is 60.1 Å². The summed E-state index contributed by atoms with van der Waals surface area (Å²) in [6.45, 7) is 2.02. The predicted octanol–water partition coefficient (Wildman–Crippen LogP) is 4.41. The average molecular weight is 348 g/mol. The molecule has 0 spiro atoms. The minimum absolute atomic E-state index is 0.106. The van der Waals surface area contributed by atoms with Crippen LogP contribution in [0.5, 0.6) is 5.75 Å². The zero-order valence-corrected chi connectivity index (χ0v) is 14.2. The van der Waals surface area contributed by atoms with E-state index in [1.807, 2.05) is 49.4 Å². The fourth-order valence-electron chi connectivity index (χ4n) is 3.20. The first-order valence-corrected chi connectivity index (χ1v) is 8.19. The third-order valence-electron chi connectivity index (χ3n) is 4.43. The van der Waals surface area contributed by atoms with E-state index in [1.54, 1.807) is 6.20 Å². The summed E-state index contributed by atoms with van der Waals surface area (Å²) in [5.74, 6) is 0.329. The molecule has 4 rings (SSSR count). The normalized spacial score (nSPS) is 16.3. The highest BCUT2D eigenvalue weighted by molar-refractivity contribution is 6.35. The van der Waals surface area contributed by atoms with Crippen LogP contribution in [0.25, 0.3) is 10.9 Å². The molecular weight excluding hydrogens is 334 g/mol. The van der Waals surface area contributed by atoms with Crippen LogP contribution in [0, 0.1) is 18.3 Å². The Balaban J connectivity index is 2.04. The smallest absolute Gasteiger partial charge is 0.205 e. The number of allylic oxidation sites excluding steroid dienone is 1. The molecule has 2 heterocycles. The largest absolute Gasteiger partial charge is 0.438 e. The Hall–Kier alpha value is -3.03. The Morgan fingerprint density at radius 3 is 2.72 bits per heavy atom. The number of rotatable bonds is 1. The summed E-state index contributed by atoms with van der Waals surface area (Å²) in [5.41, 5.74) is 9.98. The molecule has 1 unspecified atom stereocenters. The molecule has 0 bridgehead atoms. The fraction of sp³-hybridized carbons (Fsp3) is 0.100. The van der Waals surface area contributed by atoms with Gasteiger partial charge in [-0.2, -0.15) is 5.26 Å². The van der Waals surface area contributed by atoms with E-state index in [0.29, 0.717) is 21.9 Å². The molecule has 5 heteroatoms. The summed E-state index contributed by atoms with van der Waals surface area (Å²) in [7, 11) is 0. The third-order valence-corrected chi connectivity index (χ3v) is 4.75. The van der Waals surface area contributed by atoms with E-state index in [1.165, 1.54) is 0 Å². The topological polar surface area (TPSA) is 71.9 Å². The lowest BCUT2D eigenvalue weighted by Crippen LogP contribution is -2.21. The van der Waals surface area contributed by atoms with Crippen molar-refractivity contribution in [1.82, 2.24) is 4.98 Å². The molecular formula is C20H14ClN3O. The first-order chi connectivity index (χ1) is 12.1. The Bertz CT molecular complexity index is 1060. The van der Waals surface area contributed by atoms with E-state index in [-0.39, 0.29) is 11.8 Å². The molecule has 0 fully saturated rings. The summed E-state index contributed by atoms with van der Waals surface area (Å²) >= 11 is 6.47. The summed E-state index contributed by atoms with van der Waals surface area (Å²) in [6, 6.07) is 15.8. The number of benzene rings is 2. The van der Waals surface area contributed by atoms with Crippen LogP contribution in [0.1, 0.15) is 22.6 Å². The van der Waals surface area contributed by atoms with Crippen molar-refractivity contribution >= 4 is 22.5 Å². The van der Waals surface area contributed by atoms with Gasteiger partial charge in [0, 0.05) is 17.1 Å². The first-order valence-electron chi connectivity index (χ1n) is 7.81. The second kappa shape index (κ2) is 5.80. The summed E-state index contributed by atoms with van der Waals surface area (Å²) < 4.78 is 5.79. The molecule has 1 atom stereocenters. The minimum atomic E-state index is -0.335. The highest BCUT2D eigenvalue weighted by atomic mass is 35.5. The zero-order chi connectivity index (χ0) is 17.6.